The fraction of sp³-hybridized carbons (Fsp3) is 0.357. The number of hydrogen-bond acceptors (Lipinski definition) is 3. The van der Waals surface area contributed by atoms with Gasteiger partial charge in [-0.05, 0) is 43.6 Å². The normalized spacial score (nSPS) is 16.9. The Morgan fingerprint density at radius 3 is 2.61 bits per heavy atom. The molecular formula is C14H15FN2S. The monoisotopic (exact) mass is 262 g/mol. The molecular weight excluding hydrogens is 247 g/mol. The number of benzene rings is 1. The Morgan fingerprint density at radius 1 is 1.17 bits per heavy atom. The third-order valence-electron chi connectivity index (χ3n) is 3.34. The summed E-state index contributed by atoms with van der Waals surface area (Å²) in [5, 5.41) is 4.58. The molecule has 1 aliphatic heterocycles. The van der Waals surface area contributed by atoms with E-state index in [-0.39, 0.29) is 5.82 Å². The highest BCUT2D eigenvalue weighted by molar-refractivity contribution is 7.15. The summed E-state index contributed by atoms with van der Waals surface area (Å²) in [7, 11) is 0. The zero-order valence-corrected chi connectivity index (χ0v) is 10.8. The molecule has 2 heterocycles. The number of hydrogen-bond donors (Lipinski definition) is 1. The average molecular weight is 262 g/mol. The summed E-state index contributed by atoms with van der Waals surface area (Å²) >= 11 is 1.74. The number of thiazole rings is 1. The van der Waals surface area contributed by atoms with E-state index < -0.39 is 0 Å². The summed E-state index contributed by atoms with van der Waals surface area (Å²) in [6, 6.07) is 6.63. The average Bonchev–Trinajstić information content (AvgIpc) is 2.90. The van der Waals surface area contributed by atoms with Gasteiger partial charge < -0.3 is 5.32 Å². The van der Waals surface area contributed by atoms with Gasteiger partial charge in [0.1, 0.15) is 5.82 Å². The third-order valence-corrected chi connectivity index (χ3v) is 4.55. The lowest BCUT2D eigenvalue weighted by Gasteiger charge is -2.20. The standard InChI is InChI=1S/C14H15FN2S/c15-12-3-1-10(2-4-12)13-9-17-14(18-13)11-5-7-16-8-6-11/h1-4,9,11,16H,5-8H2. The first kappa shape index (κ1) is 11.8. The van der Waals surface area contributed by atoms with Gasteiger partial charge in [0.25, 0.3) is 0 Å². The van der Waals surface area contributed by atoms with Gasteiger partial charge in [0.15, 0.2) is 0 Å². The molecule has 0 spiro atoms. The molecule has 0 atom stereocenters. The van der Waals surface area contributed by atoms with Crippen molar-refractivity contribution >= 4 is 11.3 Å². The van der Waals surface area contributed by atoms with E-state index in [2.05, 4.69) is 10.3 Å². The topological polar surface area (TPSA) is 24.9 Å². The molecule has 1 aromatic heterocycles. The molecule has 1 aromatic carbocycles. The second kappa shape index (κ2) is 5.16. The van der Waals surface area contributed by atoms with Crippen LogP contribution in [0.3, 0.4) is 0 Å². The van der Waals surface area contributed by atoms with Crippen molar-refractivity contribution < 1.29 is 4.39 Å². The van der Waals surface area contributed by atoms with Gasteiger partial charge in [0.2, 0.25) is 0 Å². The van der Waals surface area contributed by atoms with E-state index in [4.69, 9.17) is 0 Å². The molecule has 2 nitrogen and oxygen atoms in total. The largest absolute Gasteiger partial charge is 0.317 e. The molecule has 0 saturated carbocycles. The number of nitrogens with one attached hydrogen (secondary N) is 1. The molecule has 1 aliphatic rings. The van der Waals surface area contributed by atoms with Crippen LogP contribution in [-0.4, -0.2) is 18.1 Å². The summed E-state index contributed by atoms with van der Waals surface area (Å²) < 4.78 is 12.9. The molecule has 2 aromatic rings. The summed E-state index contributed by atoms with van der Waals surface area (Å²) in [4.78, 5) is 5.66. The van der Waals surface area contributed by atoms with E-state index in [9.17, 15) is 4.39 Å². The van der Waals surface area contributed by atoms with E-state index in [1.54, 1.807) is 11.3 Å². The van der Waals surface area contributed by atoms with Crippen LogP contribution in [0.15, 0.2) is 30.5 Å². The molecule has 0 amide bonds. The lowest BCUT2D eigenvalue weighted by Crippen LogP contribution is -2.26. The number of piperidine rings is 1. The highest BCUT2D eigenvalue weighted by atomic mass is 32.1. The van der Waals surface area contributed by atoms with Crippen molar-refractivity contribution in [2.45, 2.75) is 18.8 Å². The second-order valence-corrected chi connectivity index (χ2v) is 5.66. The number of rotatable bonds is 2. The zero-order valence-electron chi connectivity index (χ0n) is 10.0. The lowest BCUT2D eigenvalue weighted by atomic mass is 9.99. The minimum Gasteiger partial charge on any atom is -0.317 e. The molecule has 1 fully saturated rings. The molecule has 1 saturated heterocycles. The molecule has 0 bridgehead atoms. The van der Waals surface area contributed by atoms with Crippen molar-refractivity contribution in [3.63, 3.8) is 0 Å². The maximum absolute atomic E-state index is 12.9. The SMILES string of the molecule is Fc1ccc(-c2cnc(C3CCNCC3)s2)cc1. The summed E-state index contributed by atoms with van der Waals surface area (Å²) in [5.74, 6) is 0.396. The Hall–Kier alpha value is -1.26. The summed E-state index contributed by atoms with van der Waals surface area (Å²) in [6.07, 6.45) is 4.24. The van der Waals surface area contributed by atoms with Crippen LogP contribution in [0.4, 0.5) is 4.39 Å². The number of aromatic nitrogens is 1. The molecule has 18 heavy (non-hydrogen) atoms. The Balaban J connectivity index is 1.82. The van der Waals surface area contributed by atoms with Gasteiger partial charge >= 0.3 is 0 Å². The van der Waals surface area contributed by atoms with Crippen molar-refractivity contribution in [2.75, 3.05) is 13.1 Å². The van der Waals surface area contributed by atoms with Gasteiger partial charge in [-0.15, -0.1) is 11.3 Å². The zero-order chi connectivity index (χ0) is 12.4. The van der Waals surface area contributed by atoms with Crippen LogP contribution < -0.4 is 5.32 Å². The van der Waals surface area contributed by atoms with Crippen molar-refractivity contribution in [3.8, 4) is 10.4 Å². The lowest BCUT2D eigenvalue weighted by molar-refractivity contribution is 0.459. The van der Waals surface area contributed by atoms with E-state index >= 15 is 0 Å². The fourth-order valence-electron chi connectivity index (χ4n) is 2.29. The van der Waals surface area contributed by atoms with Crippen LogP contribution in [0.1, 0.15) is 23.8 Å². The van der Waals surface area contributed by atoms with Crippen molar-refractivity contribution in [2.24, 2.45) is 0 Å². The highest BCUT2D eigenvalue weighted by Crippen LogP contribution is 2.33. The maximum Gasteiger partial charge on any atom is 0.123 e. The molecule has 0 unspecified atom stereocenters. The molecule has 0 aliphatic carbocycles. The predicted molar refractivity (Wildman–Crippen MR) is 72.4 cm³/mol. The Morgan fingerprint density at radius 2 is 1.89 bits per heavy atom. The molecule has 0 radical (unpaired) electrons. The molecule has 94 valence electrons. The fourth-order valence-corrected chi connectivity index (χ4v) is 3.39. The Bertz CT molecular complexity index is 515. The van der Waals surface area contributed by atoms with Gasteiger partial charge in [0, 0.05) is 12.1 Å². The quantitative estimate of drug-likeness (QED) is 0.897. The van der Waals surface area contributed by atoms with Crippen molar-refractivity contribution in [1.82, 2.24) is 10.3 Å². The van der Waals surface area contributed by atoms with Crippen molar-refractivity contribution in [1.29, 1.82) is 0 Å². The summed E-state index contributed by atoms with van der Waals surface area (Å²) in [6.45, 7) is 2.16. The highest BCUT2D eigenvalue weighted by Gasteiger charge is 2.18. The molecule has 4 heteroatoms. The summed E-state index contributed by atoms with van der Waals surface area (Å²) in [5.41, 5.74) is 1.05. The van der Waals surface area contributed by atoms with Crippen LogP contribution in [-0.2, 0) is 0 Å². The van der Waals surface area contributed by atoms with Crippen LogP contribution >= 0.6 is 11.3 Å². The van der Waals surface area contributed by atoms with E-state index in [1.165, 1.54) is 17.1 Å². The minimum atomic E-state index is -0.193. The first-order valence-corrected chi connectivity index (χ1v) is 7.07. The first-order chi connectivity index (χ1) is 8.83. The van der Waals surface area contributed by atoms with Crippen molar-refractivity contribution in [3.05, 3.63) is 41.3 Å². The Labute approximate surface area is 110 Å². The molecule has 1 N–H and O–H groups in total. The third kappa shape index (κ3) is 2.44. The first-order valence-electron chi connectivity index (χ1n) is 6.25. The second-order valence-electron chi connectivity index (χ2n) is 4.59. The van der Waals surface area contributed by atoms with E-state index in [0.717, 1.165) is 36.4 Å². The van der Waals surface area contributed by atoms with Gasteiger partial charge in [-0.25, -0.2) is 9.37 Å². The van der Waals surface area contributed by atoms with Gasteiger partial charge in [-0.2, -0.15) is 0 Å². The van der Waals surface area contributed by atoms with Crippen LogP contribution in [0, 0.1) is 5.82 Å². The predicted octanol–water partition coefficient (Wildman–Crippen LogP) is 3.42. The smallest absolute Gasteiger partial charge is 0.123 e. The van der Waals surface area contributed by atoms with Gasteiger partial charge in [0.05, 0.1) is 9.88 Å². The Kier molecular flexibility index (Phi) is 3.39. The van der Waals surface area contributed by atoms with Crippen LogP contribution in [0.2, 0.25) is 0 Å². The number of nitrogens with zero attached hydrogens (tertiary/aromatic N) is 1. The minimum absolute atomic E-state index is 0.193. The van der Waals surface area contributed by atoms with Crippen LogP contribution in [0.5, 0.6) is 0 Å². The van der Waals surface area contributed by atoms with Gasteiger partial charge in [-0.3, -0.25) is 0 Å². The molecule has 3 rings (SSSR count). The maximum atomic E-state index is 12.9. The van der Waals surface area contributed by atoms with E-state index in [0.29, 0.717) is 5.92 Å². The van der Waals surface area contributed by atoms with E-state index in [1.807, 2.05) is 18.3 Å². The number of halogens is 1. The van der Waals surface area contributed by atoms with Gasteiger partial charge in [-0.1, -0.05) is 12.1 Å². The van der Waals surface area contributed by atoms with Crippen LogP contribution in [0.25, 0.3) is 10.4 Å².